The molecule has 0 bridgehead atoms. The number of ether oxygens (including phenoxy) is 1. The lowest BCUT2D eigenvalue weighted by Crippen LogP contribution is -2.38. The normalized spacial score (nSPS) is 26.5. The summed E-state index contributed by atoms with van der Waals surface area (Å²) in [6.45, 7) is 2.78. The maximum atomic E-state index is 14.3. The Labute approximate surface area is 157 Å². The van der Waals surface area contributed by atoms with Crippen molar-refractivity contribution < 1.29 is 13.9 Å². The molecular formula is C20H23FN4O2. The molecule has 2 unspecified atom stereocenters. The number of carbonyl (C=O) groups is 1. The Morgan fingerprint density at radius 2 is 2.11 bits per heavy atom. The minimum atomic E-state index is -0.658. The van der Waals surface area contributed by atoms with Crippen LogP contribution in [0.1, 0.15) is 48.9 Å². The number of carbonyl (C=O) groups excluding carboxylic acids is 1. The minimum absolute atomic E-state index is 0.0552. The summed E-state index contributed by atoms with van der Waals surface area (Å²) in [5.41, 5.74) is 0.861. The monoisotopic (exact) mass is 370 g/mol. The van der Waals surface area contributed by atoms with Gasteiger partial charge in [-0.3, -0.25) is 4.79 Å². The first kappa shape index (κ1) is 16.9. The van der Waals surface area contributed by atoms with Gasteiger partial charge in [-0.05, 0) is 31.7 Å². The maximum absolute atomic E-state index is 14.3. The fourth-order valence-electron chi connectivity index (χ4n) is 4.44. The highest BCUT2D eigenvalue weighted by molar-refractivity contribution is 5.91. The Bertz CT molecular complexity index is 857. The van der Waals surface area contributed by atoms with Crippen LogP contribution in [0.15, 0.2) is 30.5 Å². The molecule has 1 saturated carbocycles. The molecule has 3 aliphatic rings. The number of benzene rings is 1. The number of nitrogens with zero attached hydrogens (tertiary/aromatic N) is 4. The highest BCUT2D eigenvalue weighted by Gasteiger charge is 2.55. The van der Waals surface area contributed by atoms with Gasteiger partial charge in [0.25, 0.3) is 0 Å². The van der Waals surface area contributed by atoms with E-state index in [1.165, 1.54) is 6.07 Å². The van der Waals surface area contributed by atoms with Crippen molar-refractivity contribution in [1.82, 2.24) is 19.9 Å². The molecule has 3 heterocycles. The number of hydrogen-bond acceptors (Lipinski definition) is 4. The molecule has 142 valence electrons. The zero-order chi connectivity index (χ0) is 18.4. The zero-order valence-corrected chi connectivity index (χ0v) is 15.2. The lowest BCUT2D eigenvalue weighted by atomic mass is 9.94. The van der Waals surface area contributed by atoms with E-state index >= 15 is 0 Å². The highest BCUT2D eigenvalue weighted by Crippen LogP contribution is 2.51. The predicted octanol–water partition coefficient (Wildman–Crippen LogP) is 2.43. The first-order chi connectivity index (χ1) is 13.2. The van der Waals surface area contributed by atoms with E-state index in [1.807, 2.05) is 21.8 Å². The molecule has 27 heavy (non-hydrogen) atoms. The topological polar surface area (TPSA) is 60.2 Å². The summed E-state index contributed by atoms with van der Waals surface area (Å²) in [6, 6.07) is 6.81. The van der Waals surface area contributed by atoms with Crippen LogP contribution in [0.4, 0.5) is 4.39 Å². The average Bonchev–Trinajstić information content (AvgIpc) is 3.11. The number of likely N-dealkylation sites (tertiary alicyclic amines) is 1. The van der Waals surface area contributed by atoms with Crippen LogP contribution in [0, 0.1) is 5.82 Å². The van der Waals surface area contributed by atoms with Gasteiger partial charge < -0.3 is 9.64 Å². The standard InChI is InChI=1S/C20H23FN4O2/c21-17-4-2-1-3-16(17)20(7-8-20)19(26)24-9-5-15(11-24)25-12-18(22-23-25)14-6-10-27-13-14/h1-4,12,14-15H,5-11,13H2. The van der Waals surface area contributed by atoms with Gasteiger partial charge in [0.1, 0.15) is 5.82 Å². The summed E-state index contributed by atoms with van der Waals surface area (Å²) in [7, 11) is 0. The van der Waals surface area contributed by atoms with Crippen LogP contribution in [-0.4, -0.2) is 52.1 Å². The lowest BCUT2D eigenvalue weighted by Gasteiger charge is -2.24. The summed E-state index contributed by atoms with van der Waals surface area (Å²) < 4.78 is 21.6. The van der Waals surface area contributed by atoms with Gasteiger partial charge in [-0.15, -0.1) is 5.10 Å². The van der Waals surface area contributed by atoms with E-state index in [-0.39, 0.29) is 17.8 Å². The number of halogens is 1. The van der Waals surface area contributed by atoms with Crippen molar-refractivity contribution in [2.45, 2.75) is 43.1 Å². The van der Waals surface area contributed by atoms with E-state index in [9.17, 15) is 9.18 Å². The van der Waals surface area contributed by atoms with Crippen molar-refractivity contribution >= 4 is 5.91 Å². The average molecular weight is 370 g/mol. The summed E-state index contributed by atoms with van der Waals surface area (Å²) in [4.78, 5) is 15.0. The molecule has 2 saturated heterocycles. The molecule has 0 spiro atoms. The summed E-state index contributed by atoms with van der Waals surface area (Å²) in [5, 5.41) is 8.61. The number of aromatic nitrogens is 3. The predicted molar refractivity (Wildman–Crippen MR) is 95.7 cm³/mol. The number of amides is 1. The molecule has 1 aromatic heterocycles. The fourth-order valence-corrected chi connectivity index (χ4v) is 4.44. The Balaban J connectivity index is 1.30. The van der Waals surface area contributed by atoms with Crippen LogP contribution in [0.3, 0.4) is 0 Å². The van der Waals surface area contributed by atoms with E-state index in [4.69, 9.17) is 4.74 Å². The van der Waals surface area contributed by atoms with Crippen molar-refractivity contribution in [3.05, 3.63) is 47.5 Å². The second kappa shape index (κ2) is 6.41. The third kappa shape index (κ3) is 2.84. The first-order valence-electron chi connectivity index (χ1n) is 9.71. The van der Waals surface area contributed by atoms with E-state index in [0.717, 1.165) is 38.0 Å². The first-order valence-corrected chi connectivity index (χ1v) is 9.71. The van der Waals surface area contributed by atoms with Crippen molar-refractivity contribution in [2.24, 2.45) is 0 Å². The highest BCUT2D eigenvalue weighted by atomic mass is 19.1. The van der Waals surface area contributed by atoms with Crippen molar-refractivity contribution in [3.8, 4) is 0 Å². The van der Waals surface area contributed by atoms with Gasteiger partial charge >= 0.3 is 0 Å². The van der Waals surface area contributed by atoms with Gasteiger partial charge in [0, 0.05) is 37.4 Å². The van der Waals surface area contributed by atoms with Gasteiger partial charge in [-0.25, -0.2) is 9.07 Å². The minimum Gasteiger partial charge on any atom is -0.381 e. The lowest BCUT2D eigenvalue weighted by molar-refractivity contribution is -0.133. The molecule has 0 N–H and O–H groups in total. The van der Waals surface area contributed by atoms with Gasteiger partial charge in [0.15, 0.2) is 0 Å². The van der Waals surface area contributed by atoms with Crippen LogP contribution >= 0.6 is 0 Å². The fraction of sp³-hybridized carbons (Fsp3) is 0.550. The van der Waals surface area contributed by atoms with E-state index in [2.05, 4.69) is 10.3 Å². The third-order valence-corrected chi connectivity index (χ3v) is 6.25. The van der Waals surface area contributed by atoms with Crippen LogP contribution in [0.5, 0.6) is 0 Å². The summed E-state index contributed by atoms with van der Waals surface area (Å²) in [6.07, 6.45) is 5.29. The Kier molecular flexibility index (Phi) is 4.00. The SMILES string of the molecule is O=C(N1CCC(n2cc(C3CCOC3)nn2)C1)C1(c2ccccc2F)CC1. The van der Waals surface area contributed by atoms with Gasteiger partial charge in [-0.1, -0.05) is 23.4 Å². The molecule has 0 radical (unpaired) electrons. The number of hydrogen-bond donors (Lipinski definition) is 0. The Morgan fingerprint density at radius 1 is 1.26 bits per heavy atom. The molecule has 1 aliphatic carbocycles. The molecule has 2 aliphatic heterocycles. The molecule has 3 fully saturated rings. The van der Waals surface area contributed by atoms with Gasteiger partial charge in [0.05, 0.1) is 23.8 Å². The Hall–Kier alpha value is -2.28. The van der Waals surface area contributed by atoms with Crippen molar-refractivity contribution in [3.63, 3.8) is 0 Å². The second-order valence-corrected chi connectivity index (χ2v) is 7.94. The van der Waals surface area contributed by atoms with Gasteiger partial charge in [-0.2, -0.15) is 0 Å². The molecule has 6 nitrogen and oxygen atoms in total. The van der Waals surface area contributed by atoms with Crippen LogP contribution in [-0.2, 0) is 14.9 Å². The van der Waals surface area contributed by atoms with Gasteiger partial charge in [0.2, 0.25) is 5.91 Å². The molecule has 5 rings (SSSR count). The quantitative estimate of drug-likeness (QED) is 0.829. The number of rotatable bonds is 4. The maximum Gasteiger partial charge on any atom is 0.233 e. The van der Waals surface area contributed by atoms with E-state index in [0.29, 0.717) is 31.2 Å². The zero-order valence-electron chi connectivity index (χ0n) is 15.2. The molecule has 1 aromatic carbocycles. The summed E-state index contributed by atoms with van der Waals surface area (Å²) >= 11 is 0. The smallest absolute Gasteiger partial charge is 0.233 e. The second-order valence-electron chi connectivity index (χ2n) is 7.94. The molecular weight excluding hydrogens is 347 g/mol. The van der Waals surface area contributed by atoms with Crippen LogP contribution in [0.25, 0.3) is 0 Å². The van der Waals surface area contributed by atoms with E-state index < -0.39 is 5.41 Å². The summed E-state index contributed by atoms with van der Waals surface area (Å²) in [5.74, 6) is 0.104. The van der Waals surface area contributed by atoms with E-state index in [1.54, 1.807) is 12.1 Å². The molecule has 1 amide bonds. The largest absolute Gasteiger partial charge is 0.381 e. The molecule has 7 heteroatoms. The third-order valence-electron chi connectivity index (χ3n) is 6.25. The molecule has 2 aromatic rings. The van der Waals surface area contributed by atoms with Crippen molar-refractivity contribution in [2.75, 3.05) is 26.3 Å². The van der Waals surface area contributed by atoms with Crippen LogP contribution in [0.2, 0.25) is 0 Å². The van der Waals surface area contributed by atoms with Crippen molar-refractivity contribution in [1.29, 1.82) is 0 Å². The van der Waals surface area contributed by atoms with Crippen LogP contribution < -0.4 is 0 Å². The molecule has 2 atom stereocenters. The Morgan fingerprint density at radius 3 is 2.85 bits per heavy atom.